The molecule has 0 aliphatic carbocycles. The van der Waals surface area contributed by atoms with Crippen molar-refractivity contribution in [1.29, 1.82) is 0 Å². The molecule has 0 nitrogen and oxygen atoms in total. The van der Waals surface area contributed by atoms with E-state index in [0.29, 0.717) is 12.7 Å². The molecular formula is C6H20Cl2Ni2P2+2. The Morgan fingerprint density at radius 2 is 0.750 bits per heavy atom. The standard InChI is InChI=1S/2C3H9P.2ClH.2Ni/c2*1-4(2)3;;;;/h2*1-3H3;2*1H;;/q;;;;;+2. The molecule has 12 heavy (non-hydrogen) atoms. The van der Waals surface area contributed by atoms with Crippen LogP contribution in [-0.4, -0.2) is 40.0 Å². The molecule has 0 aliphatic heterocycles. The molecule has 0 fully saturated rings. The van der Waals surface area contributed by atoms with Crippen LogP contribution >= 0.6 is 36.2 Å². The van der Waals surface area contributed by atoms with E-state index in [4.69, 9.17) is 20.4 Å². The molecule has 0 heterocycles. The quantitative estimate of drug-likeness (QED) is 0.466. The van der Waals surface area contributed by atoms with Gasteiger partial charge in [0.25, 0.3) is 0 Å². The average Bonchev–Trinajstić information content (AvgIpc) is 1.60. The van der Waals surface area contributed by atoms with Crippen LogP contribution in [0.3, 0.4) is 0 Å². The summed E-state index contributed by atoms with van der Waals surface area (Å²) in [6.07, 6.45) is 0. The molecule has 0 saturated heterocycles. The molecule has 0 aromatic rings. The summed E-state index contributed by atoms with van der Waals surface area (Å²) in [7, 11) is 9.64. The van der Waals surface area contributed by atoms with Crippen LogP contribution < -0.4 is 0 Å². The van der Waals surface area contributed by atoms with Gasteiger partial charge in [0.15, 0.2) is 0 Å². The van der Waals surface area contributed by atoms with E-state index in [9.17, 15) is 0 Å². The number of rotatable bonds is 0. The second kappa shape index (κ2) is 23.3. The van der Waals surface area contributed by atoms with E-state index >= 15 is 0 Å². The summed E-state index contributed by atoms with van der Waals surface area (Å²) >= 11 is 0.569. The van der Waals surface area contributed by atoms with E-state index in [-0.39, 0.29) is 32.3 Å². The maximum Gasteiger partial charge on any atom is 0 e. The Morgan fingerprint density at radius 3 is 0.750 bits per heavy atom. The van der Waals surface area contributed by atoms with Gasteiger partial charge in [-0.1, -0.05) is 0 Å². The van der Waals surface area contributed by atoms with Gasteiger partial charge in [-0.05, 0) is 15.8 Å². The maximum absolute atomic E-state index is 4.70. The minimum Gasteiger partial charge on any atom is 0 e. The molecule has 0 bridgehead atoms. The Kier molecular flexibility index (Phi) is 46.5. The Bertz CT molecular complexity index is 45.3. The van der Waals surface area contributed by atoms with Crippen LogP contribution in [0.15, 0.2) is 0 Å². The smallest absolute Gasteiger partial charge is 0 e. The van der Waals surface area contributed by atoms with E-state index in [2.05, 4.69) is 40.0 Å². The van der Waals surface area contributed by atoms with E-state index in [1.54, 1.807) is 0 Å². The molecule has 0 rings (SSSR count). The van der Waals surface area contributed by atoms with Gasteiger partial charge in [-0.25, -0.2) is 0 Å². The van der Waals surface area contributed by atoms with E-state index < -0.39 is 0 Å². The predicted octanol–water partition coefficient (Wildman–Crippen LogP) is 3.55. The second-order valence-corrected chi connectivity index (χ2v) is 10.7. The number of hydrogen-bond donors (Lipinski definition) is 0. The van der Waals surface area contributed by atoms with Crippen molar-refractivity contribution >= 4 is 36.2 Å². The van der Waals surface area contributed by atoms with Gasteiger partial charge in [0, 0.05) is 56.5 Å². The third kappa shape index (κ3) is 275. The molecule has 0 aliphatic rings. The van der Waals surface area contributed by atoms with Gasteiger partial charge in [-0.15, -0.1) is 0 Å². The molecule has 0 spiro atoms. The first-order chi connectivity index (χ1) is 4.88. The van der Waals surface area contributed by atoms with Crippen LogP contribution in [0.25, 0.3) is 0 Å². The molecule has 0 atom stereocenters. The predicted molar refractivity (Wildman–Crippen MR) is 63.9 cm³/mol. The SMILES string of the molecule is C[PH+](C)C.C[PH+](C)C.[Cl][Ni][Cl].[Ni]. The zero-order valence-corrected chi connectivity index (χ0v) is 13.9. The molecule has 0 unspecified atom stereocenters. The third-order valence-electron chi connectivity index (χ3n) is 0. The zero-order chi connectivity index (χ0) is 9.86. The largest absolute Gasteiger partial charge is 0 e. The van der Waals surface area contributed by atoms with Gasteiger partial charge < -0.3 is 0 Å². The first kappa shape index (κ1) is 23.9. The monoisotopic (exact) mass is 340 g/mol. The van der Waals surface area contributed by atoms with Crippen LogP contribution in [0.4, 0.5) is 0 Å². The molecule has 0 N–H and O–H groups in total. The maximum atomic E-state index is 4.70. The van der Waals surface area contributed by atoms with Crippen LogP contribution in [0.2, 0.25) is 0 Å². The summed E-state index contributed by atoms with van der Waals surface area (Å²) < 4.78 is 0. The summed E-state index contributed by atoms with van der Waals surface area (Å²) in [4.78, 5) is 0. The van der Waals surface area contributed by atoms with Crippen molar-refractivity contribution < 1.29 is 29.1 Å². The molecule has 6 heteroatoms. The van der Waals surface area contributed by atoms with Crippen LogP contribution in [-0.2, 0) is 29.1 Å². The number of hydrogen-bond acceptors (Lipinski definition) is 0. The molecule has 0 saturated carbocycles. The second-order valence-electron chi connectivity index (χ2n) is 3.05. The van der Waals surface area contributed by atoms with Gasteiger partial charge in [-0.2, -0.15) is 0 Å². The Labute approximate surface area is 105 Å². The molecular weight excluding hydrogens is 322 g/mol. The average molecular weight is 342 g/mol. The first-order valence-corrected chi connectivity index (χ1v) is 12.0. The van der Waals surface area contributed by atoms with Crippen LogP contribution in [0, 0.1) is 0 Å². The molecule has 0 amide bonds. The van der Waals surface area contributed by atoms with Crippen molar-refractivity contribution in [3.63, 3.8) is 0 Å². The van der Waals surface area contributed by atoms with Gasteiger partial charge in [0.05, 0.1) is 0 Å². The summed E-state index contributed by atoms with van der Waals surface area (Å²) in [5.41, 5.74) is 0. The van der Waals surface area contributed by atoms with Crippen molar-refractivity contribution in [2.75, 3.05) is 40.0 Å². The summed E-state index contributed by atoms with van der Waals surface area (Å²) in [6.45, 7) is 13.6. The Balaban J connectivity index is -0.0000000389. The van der Waals surface area contributed by atoms with E-state index in [0.717, 1.165) is 0 Å². The van der Waals surface area contributed by atoms with Crippen LogP contribution in [0.1, 0.15) is 0 Å². The van der Waals surface area contributed by atoms with Crippen molar-refractivity contribution in [2.45, 2.75) is 0 Å². The third-order valence-corrected chi connectivity index (χ3v) is 0. The Morgan fingerprint density at radius 1 is 0.750 bits per heavy atom. The van der Waals surface area contributed by atoms with Gasteiger partial charge in [0.1, 0.15) is 0 Å². The fourth-order valence-electron chi connectivity index (χ4n) is 0. The fraction of sp³-hybridized carbons (Fsp3) is 1.00. The minimum absolute atomic E-state index is 0. The zero-order valence-electron chi connectivity index (χ0n) is 8.39. The van der Waals surface area contributed by atoms with Gasteiger partial charge in [-0.3, -0.25) is 0 Å². The fourth-order valence-corrected chi connectivity index (χ4v) is 0. The van der Waals surface area contributed by atoms with Crippen molar-refractivity contribution in [1.82, 2.24) is 0 Å². The van der Waals surface area contributed by atoms with Crippen LogP contribution in [0.5, 0.6) is 0 Å². The normalized spacial score (nSPS) is 7.83. The van der Waals surface area contributed by atoms with E-state index in [1.807, 2.05) is 0 Å². The van der Waals surface area contributed by atoms with Crippen molar-refractivity contribution in [2.24, 2.45) is 0 Å². The van der Waals surface area contributed by atoms with E-state index in [1.165, 1.54) is 0 Å². The molecule has 86 valence electrons. The summed E-state index contributed by atoms with van der Waals surface area (Å²) in [6, 6.07) is 0. The molecule has 0 aromatic carbocycles. The molecule has 0 radical (unpaired) electrons. The molecule has 0 aromatic heterocycles. The topological polar surface area (TPSA) is 0 Å². The van der Waals surface area contributed by atoms with Gasteiger partial charge in [0.2, 0.25) is 0 Å². The van der Waals surface area contributed by atoms with Crippen molar-refractivity contribution in [3.05, 3.63) is 0 Å². The van der Waals surface area contributed by atoms with Gasteiger partial charge >= 0.3 is 33.0 Å². The summed E-state index contributed by atoms with van der Waals surface area (Å²) in [5.74, 6) is 0. The first-order valence-electron chi connectivity index (χ1n) is 3.24. The number of halogens is 2. The minimum atomic E-state index is 0. The summed E-state index contributed by atoms with van der Waals surface area (Å²) in [5, 5.41) is 0. The Hall–Kier alpha value is 2.43. The van der Waals surface area contributed by atoms with Crippen molar-refractivity contribution in [3.8, 4) is 0 Å².